The van der Waals surface area contributed by atoms with Gasteiger partial charge in [0.25, 0.3) is 0 Å². The predicted octanol–water partition coefficient (Wildman–Crippen LogP) is 4.73. The van der Waals surface area contributed by atoms with Crippen molar-refractivity contribution in [2.45, 2.75) is 53.4 Å². The molecule has 2 aliphatic rings. The number of methoxy groups -OCH3 is 1. The van der Waals surface area contributed by atoms with E-state index in [0.717, 1.165) is 11.4 Å². The van der Waals surface area contributed by atoms with E-state index in [1.54, 1.807) is 30.0 Å². The van der Waals surface area contributed by atoms with Gasteiger partial charge in [0.2, 0.25) is 0 Å². The molecule has 1 aliphatic carbocycles. The van der Waals surface area contributed by atoms with Crippen LogP contribution in [0.1, 0.15) is 58.9 Å². The Kier molecular flexibility index (Phi) is 8.23. The largest absolute Gasteiger partial charge is 0.493 e. The van der Waals surface area contributed by atoms with Crippen LogP contribution in [0.2, 0.25) is 0 Å². The number of Topliss-reactive ketones (excluding diaryl/α,β-unsaturated/α-hetero) is 1. The van der Waals surface area contributed by atoms with Crippen molar-refractivity contribution in [3.63, 3.8) is 0 Å². The molecular weight excluding hydrogens is 454 g/mol. The molecule has 0 spiro atoms. The highest BCUT2D eigenvalue weighted by Crippen LogP contribution is 2.48. The highest BCUT2D eigenvalue weighted by atomic mass is 32.2. The van der Waals surface area contributed by atoms with E-state index in [-0.39, 0.29) is 16.9 Å². The quantitative estimate of drug-likeness (QED) is 0.297. The van der Waals surface area contributed by atoms with Gasteiger partial charge in [-0.05, 0) is 42.2 Å². The van der Waals surface area contributed by atoms with Crippen LogP contribution >= 0.6 is 11.8 Å². The molecule has 0 N–H and O–H groups in total. The molecule has 2 atom stereocenters. The molecule has 0 bridgehead atoms. The number of carbonyl (C=O) groups excluding carboxylic acids is 3. The fourth-order valence-electron chi connectivity index (χ4n) is 4.66. The van der Waals surface area contributed by atoms with E-state index >= 15 is 0 Å². The number of esters is 2. The van der Waals surface area contributed by atoms with Crippen molar-refractivity contribution in [1.82, 2.24) is 0 Å². The Labute approximate surface area is 205 Å². The van der Waals surface area contributed by atoms with Crippen molar-refractivity contribution in [2.75, 3.05) is 25.2 Å². The second-order valence-electron chi connectivity index (χ2n) is 9.38. The summed E-state index contributed by atoms with van der Waals surface area (Å²) in [5.41, 5.74) is 2.44. The number of benzene rings is 1. The van der Waals surface area contributed by atoms with E-state index in [1.165, 1.54) is 14.0 Å². The van der Waals surface area contributed by atoms with E-state index in [4.69, 9.17) is 19.2 Å². The molecule has 1 heterocycles. The third-order valence-electron chi connectivity index (χ3n) is 6.03. The average molecular weight is 488 g/mol. The highest BCUT2D eigenvalue weighted by Gasteiger charge is 2.46. The van der Waals surface area contributed by atoms with E-state index in [2.05, 4.69) is 20.8 Å². The number of aliphatic imine (C=N–C) groups is 1. The number of ether oxygens (including phenoxy) is 3. The Morgan fingerprint density at radius 2 is 1.94 bits per heavy atom. The molecule has 0 amide bonds. The van der Waals surface area contributed by atoms with Crippen LogP contribution < -0.4 is 9.47 Å². The lowest BCUT2D eigenvalue weighted by molar-refractivity contribution is -0.146. The molecule has 1 aliphatic heterocycles. The van der Waals surface area contributed by atoms with Crippen LogP contribution in [0.5, 0.6) is 11.5 Å². The Bertz CT molecular complexity index is 1040. The number of rotatable bonds is 8. The first-order chi connectivity index (χ1) is 16.1. The zero-order chi connectivity index (χ0) is 25.0. The lowest BCUT2D eigenvalue weighted by Crippen LogP contribution is -2.39. The van der Waals surface area contributed by atoms with Gasteiger partial charge < -0.3 is 14.2 Å². The van der Waals surface area contributed by atoms with Gasteiger partial charge in [-0.1, -0.05) is 26.8 Å². The predicted molar refractivity (Wildman–Crippen MR) is 133 cm³/mol. The number of thioether (sulfide) groups is 1. The van der Waals surface area contributed by atoms with Crippen molar-refractivity contribution in [2.24, 2.45) is 16.3 Å². The molecule has 1 aromatic rings. The maximum atomic E-state index is 13.4. The minimum atomic E-state index is -0.722. The van der Waals surface area contributed by atoms with Gasteiger partial charge in [0.1, 0.15) is 12.5 Å². The average Bonchev–Trinajstić information content (AvgIpc) is 2.74. The van der Waals surface area contributed by atoms with Gasteiger partial charge in [-0.2, -0.15) is 11.8 Å². The molecule has 7 nitrogen and oxygen atoms in total. The van der Waals surface area contributed by atoms with E-state index < -0.39 is 23.8 Å². The first-order valence-corrected chi connectivity index (χ1v) is 12.7. The van der Waals surface area contributed by atoms with Gasteiger partial charge in [0, 0.05) is 42.0 Å². The number of hydrogen-bond donors (Lipinski definition) is 0. The fraction of sp³-hybridized carbons (Fsp3) is 0.538. The zero-order valence-corrected chi connectivity index (χ0v) is 21.5. The van der Waals surface area contributed by atoms with Gasteiger partial charge in [-0.15, -0.1) is 0 Å². The molecule has 1 unspecified atom stereocenters. The summed E-state index contributed by atoms with van der Waals surface area (Å²) in [7, 11) is 1.48. The first kappa shape index (κ1) is 26.0. The normalized spacial score (nSPS) is 21.5. The smallest absolute Gasteiger partial charge is 0.315 e. The minimum Gasteiger partial charge on any atom is -0.493 e. The first-order valence-electron chi connectivity index (χ1n) is 11.5. The number of ketones is 1. The molecular formula is C26H33NO6S. The lowest BCUT2D eigenvalue weighted by atomic mass is 9.67. The molecule has 0 saturated carbocycles. The standard InChI is InChI=1S/C26H33NO6S/c1-7-34-11-10-32-25(30)22-15(2)27-18-13-26(4,5)14-19(29)24(18)23(22)17-8-9-20(33-16(3)28)21(12-17)31-6/h8-9,12,22-23H,7,10-11,13-14H2,1-6H3/t22?,23-/m1/s1. The fourth-order valence-corrected chi connectivity index (χ4v) is 5.15. The lowest BCUT2D eigenvalue weighted by Gasteiger charge is -2.39. The Hall–Kier alpha value is -2.61. The van der Waals surface area contributed by atoms with Crippen molar-refractivity contribution in [1.29, 1.82) is 0 Å². The molecule has 0 aromatic heterocycles. The van der Waals surface area contributed by atoms with Crippen molar-refractivity contribution >= 4 is 35.2 Å². The second-order valence-corrected chi connectivity index (χ2v) is 10.8. The van der Waals surface area contributed by atoms with Crippen molar-refractivity contribution in [3.8, 4) is 11.5 Å². The Morgan fingerprint density at radius 3 is 2.59 bits per heavy atom. The molecule has 184 valence electrons. The molecule has 1 aromatic carbocycles. The molecule has 0 saturated heterocycles. The summed E-state index contributed by atoms with van der Waals surface area (Å²) in [4.78, 5) is 42.9. The summed E-state index contributed by atoms with van der Waals surface area (Å²) >= 11 is 1.70. The van der Waals surface area contributed by atoms with Crippen LogP contribution in [0.25, 0.3) is 0 Å². The van der Waals surface area contributed by atoms with Gasteiger partial charge in [0.15, 0.2) is 17.3 Å². The van der Waals surface area contributed by atoms with Crippen LogP contribution in [0.3, 0.4) is 0 Å². The van der Waals surface area contributed by atoms with Crippen LogP contribution in [0.4, 0.5) is 0 Å². The summed E-state index contributed by atoms with van der Waals surface area (Å²) < 4.78 is 16.3. The van der Waals surface area contributed by atoms with Crippen molar-refractivity contribution < 1.29 is 28.6 Å². The number of nitrogens with zero attached hydrogens (tertiary/aromatic N) is 1. The maximum absolute atomic E-state index is 13.4. The zero-order valence-electron chi connectivity index (χ0n) is 20.7. The molecule has 34 heavy (non-hydrogen) atoms. The third-order valence-corrected chi connectivity index (χ3v) is 6.90. The number of hydrogen-bond acceptors (Lipinski definition) is 8. The summed E-state index contributed by atoms with van der Waals surface area (Å²) in [6.07, 6.45) is 1.04. The Balaban J connectivity index is 2.08. The summed E-state index contributed by atoms with van der Waals surface area (Å²) in [5, 5.41) is 0. The van der Waals surface area contributed by atoms with Gasteiger partial charge in [0.05, 0.1) is 7.11 Å². The number of carbonyl (C=O) groups is 3. The number of allylic oxidation sites excluding steroid dienone is 2. The Morgan fingerprint density at radius 1 is 1.21 bits per heavy atom. The molecule has 3 rings (SSSR count). The monoisotopic (exact) mass is 487 g/mol. The van der Waals surface area contributed by atoms with Crippen LogP contribution in [-0.2, 0) is 19.1 Å². The summed E-state index contributed by atoms with van der Waals surface area (Å²) in [5.74, 6) is 0.146. The van der Waals surface area contributed by atoms with Crippen LogP contribution in [-0.4, -0.2) is 48.7 Å². The van der Waals surface area contributed by atoms with E-state index in [0.29, 0.717) is 47.8 Å². The third kappa shape index (κ3) is 5.71. The minimum absolute atomic E-state index is 0.00475. The molecule has 8 heteroatoms. The molecule has 0 fully saturated rings. The summed E-state index contributed by atoms with van der Waals surface area (Å²) in [6, 6.07) is 5.13. The molecule has 0 radical (unpaired) electrons. The SMILES string of the molecule is CCSCCOC(=O)C1C(C)=NC2=C(C(=O)CC(C)(C)C2)[C@@H]1c1ccc(OC(C)=O)c(OC)c1. The van der Waals surface area contributed by atoms with Crippen molar-refractivity contribution in [3.05, 3.63) is 35.0 Å². The van der Waals surface area contributed by atoms with Crippen LogP contribution in [0, 0.1) is 11.3 Å². The van der Waals surface area contributed by atoms with Gasteiger partial charge >= 0.3 is 11.9 Å². The van der Waals surface area contributed by atoms with Gasteiger partial charge in [-0.3, -0.25) is 19.4 Å². The second kappa shape index (κ2) is 10.8. The van der Waals surface area contributed by atoms with Crippen LogP contribution in [0.15, 0.2) is 34.5 Å². The summed E-state index contributed by atoms with van der Waals surface area (Å²) in [6.45, 7) is 9.60. The van der Waals surface area contributed by atoms with E-state index in [9.17, 15) is 14.4 Å². The highest BCUT2D eigenvalue weighted by molar-refractivity contribution is 7.99. The maximum Gasteiger partial charge on any atom is 0.315 e. The van der Waals surface area contributed by atoms with E-state index in [1.807, 2.05) is 6.92 Å². The van der Waals surface area contributed by atoms with Gasteiger partial charge in [-0.25, -0.2) is 0 Å². The topological polar surface area (TPSA) is 91.3 Å².